The number of aryl methyl sites for hydroxylation is 1. The van der Waals surface area contributed by atoms with Gasteiger partial charge in [0.15, 0.2) is 0 Å². The third-order valence-electron chi connectivity index (χ3n) is 6.45. The van der Waals surface area contributed by atoms with Crippen molar-refractivity contribution in [2.45, 2.75) is 57.9 Å². The standard InChI is InChI=1S/C26H30N6O2S/c1-18(2)35(33,34)29-16-20-11-8-14-24-22(20)17-28-32(24)26-30-23-13-7-6-12-21(23)25(31-26)27-15-19-9-4-3-5-10-19/h3-5,8-11,14,17-18,29H,6-7,12-13,15-16H2,1-2H3,(H,27,30,31). The van der Waals surface area contributed by atoms with Crippen molar-refractivity contribution in [3.63, 3.8) is 0 Å². The first-order valence-corrected chi connectivity index (χ1v) is 13.6. The van der Waals surface area contributed by atoms with Gasteiger partial charge >= 0.3 is 0 Å². The summed E-state index contributed by atoms with van der Waals surface area (Å²) < 4.78 is 28.9. The van der Waals surface area contributed by atoms with Crippen LogP contribution < -0.4 is 10.0 Å². The lowest BCUT2D eigenvalue weighted by Crippen LogP contribution is -2.30. The predicted octanol–water partition coefficient (Wildman–Crippen LogP) is 4.13. The smallest absolute Gasteiger partial charge is 0.253 e. The summed E-state index contributed by atoms with van der Waals surface area (Å²) in [7, 11) is -3.37. The molecule has 182 valence electrons. The van der Waals surface area contributed by atoms with Crippen molar-refractivity contribution in [2.75, 3.05) is 5.32 Å². The highest BCUT2D eigenvalue weighted by molar-refractivity contribution is 7.90. The van der Waals surface area contributed by atoms with Crippen molar-refractivity contribution in [1.82, 2.24) is 24.5 Å². The second kappa shape index (κ2) is 9.75. The van der Waals surface area contributed by atoms with Gasteiger partial charge in [-0.05, 0) is 56.7 Å². The van der Waals surface area contributed by atoms with Crippen LogP contribution in [0.25, 0.3) is 16.9 Å². The van der Waals surface area contributed by atoms with Gasteiger partial charge < -0.3 is 5.32 Å². The molecule has 1 aliphatic rings. The summed E-state index contributed by atoms with van der Waals surface area (Å²) in [5.74, 6) is 1.38. The summed E-state index contributed by atoms with van der Waals surface area (Å²) in [5, 5.41) is 8.51. The van der Waals surface area contributed by atoms with Crippen LogP contribution in [-0.4, -0.2) is 33.4 Å². The van der Waals surface area contributed by atoms with Gasteiger partial charge in [-0.1, -0.05) is 42.5 Å². The fourth-order valence-corrected chi connectivity index (χ4v) is 5.06. The highest BCUT2D eigenvalue weighted by Crippen LogP contribution is 2.28. The molecular weight excluding hydrogens is 460 g/mol. The maximum Gasteiger partial charge on any atom is 0.253 e. The summed E-state index contributed by atoms with van der Waals surface area (Å²) in [4.78, 5) is 9.80. The van der Waals surface area contributed by atoms with Crippen molar-refractivity contribution in [3.05, 3.63) is 77.1 Å². The number of rotatable bonds is 8. The van der Waals surface area contributed by atoms with Crippen LogP contribution in [0.1, 0.15) is 49.1 Å². The Balaban J connectivity index is 1.49. The predicted molar refractivity (Wildman–Crippen MR) is 138 cm³/mol. The van der Waals surface area contributed by atoms with Gasteiger partial charge in [-0.3, -0.25) is 0 Å². The van der Waals surface area contributed by atoms with E-state index in [1.807, 2.05) is 36.4 Å². The fraction of sp³-hybridized carbons (Fsp3) is 0.346. The summed E-state index contributed by atoms with van der Waals surface area (Å²) >= 11 is 0. The highest BCUT2D eigenvalue weighted by atomic mass is 32.2. The highest BCUT2D eigenvalue weighted by Gasteiger charge is 2.21. The molecule has 0 radical (unpaired) electrons. The Hall–Kier alpha value is -3.30. The van der Waals surface area contributed by atoms with Crippen molar-refractivity contribution < 1.29 is 8.42 Å². The second-order valence-electron chi connectivity index (χ2n) is 9.16. The molecule has 8 nitrogen and oxygen atoms in total. The Morgan fingerprint density at radius 2 is 1.77 bits per heavy atom. The minimum Gasteiger partial charge on any atom is -0.366 e. The Morgan fingerprint density at radius 1 is 0.971 bits per heavy atom. The largest absolute Gasteiger partial charge is 0.366 e. The van der Waals surface area contributed by atoms with Crippen LogP contribution in [0.15, 0.2) is 54.7 Å². The monoisotopic (exact) mass is 490 g/mol. The normalized spacial score (nSPS) is 13.8. The Morgan fingerprint density at radius 3 is 2.57 bits per heavy atom. The molecule has 2 N–H and O–H groups in total. The zero-order valence-corrected chi connectivity index (χ0v) is 20.8. The number of hydrogen-bond acceptors (Lipinski definition) is 6. The topological polar surface area (TPSA) is 102 Å². The maximum atomic E-state index is 12.2. The summed E-state index contributed by atoms with van der Waals surface area (Å²) in [6, 6.07) is 16.1. The minimum absolute atomic E-state index is 0.207. The molecule has 0 aliphatic heterocycles. The molecule has 9 heteroatoms. The van der Waals surface area contributed by atoms with Crippen LogP contribution in [0.2, 0.25) is 0 Å². The van der Waals surface area contributed by atoms with E-state index < -0.39 is 15.3 Å². The van der Waals surface area contributed by atoms with Crippen LogP contribution in [0.5, 0.6) is 0 Å². The van der Waals surface area contributed by atoms with E-state index in [-0.39, 0.29) is 6.54 Å². The van der Waals surface area contributed by atoms with E-state index in [9.17, 15) is 8.42 Å². The third kappa shape index (κ3) is 4.92. The molecule has 2 heterocycles. The van der Waals surface area contributed by atoms with Gasteiger partial charge in [0.1, 0.15) is 5.82 Å². The molecule has 1 aliphatic carbocycles. The average molecular weight is 491 g/mol. The zero-order chi connectivity index (χ0) is 24.4. The van der Waals surface area contributed by atoms with Crippen LogP contribution in [0.4, 0.5) is 5.82 Å². The minimum atomic E-state index is -3.37. The van der Waals surface area contributed by atoms with Gasteiger partial charge in [0.25, 0.3) is 5.95 Å². The quantitative estimate of drug-likeness (QED) is 0.385. The van der Waals surface area contributed by atoms with E-state index in [2.05, 4.69) is 27.3 Å². The number of sulfonamides is 1. The molecule has 0 bridgehead atoms. The van der Waals surface area contributed by atoms with E-state index in [1.54, 1.807) is 24.7 Å². The second-order valence-corrected chi connectivity index (χ2v) is 11.5. The molecule has 35 heavy (non-hydrogen) atoms. The first kappa shape index (κ1) is 23.4. The van der Waals surface area contributed by atoms with E-state index in [0.29, 0.717) is 12.5 Å². The molecule has 0 spiro atoms. The molecule has 0 amide bonds. The van der Waals surface area contributed by atoms with Crippen molar-refractivity contribution in [1.29, 1.82) is 0 Å². The number of benzene rings is 2. The molecular formula is C26H30N6O2S. The molecule has 0 unspecified atom stereocenters. The van der Waals surface area contributed by atoms with E-state index in [1.165, 1.54) is 11.1 Å². The molecule has 0 saturated heterocycles. The van der Waals surface area contributed by atoms with Gasteiger partial charge in [0.2, 0.25) is 10.0 Å². The molecule has 2 aromatic heterocycles. The lowest BCUT2D eigenvalue weighted by molar-refractivity contribution is 0.572. The molecule has 5 rings (SSSR count). The molecule has 0 saturated carbocycles. The number of nitrogens with zero attached hydrogens (tertiary/aromatic N) is 4. The number of hydrogen-bond donors (Lipinski definition) is 2. The van der Waals surface area contributed by atoms with Crippen molar-refractivity contribution >= 4 is 26.7 Å². The third-order valence-corrected chi connectivity index (χ3v) is 8.24. The summed E-state index contributed by atoms with van der Waals surface area (Å²) in [6.45, 7) is 4.22. The summed E-state index contributed by atoms with van der Waals surface area (Å²) in [5.41, 5.74) is 5.15. The Bertz CT molecular complexity index is 1450. The number of fused-ring (bicyclic) bond motifs is 2. The van der Waals surface area contributed by atoms with Gasteiger partial charge in [-0.25, -0.2) is 18.1 Å². The molecule has 4 aromatic rings. The lowest BCUT2D eigenvalue weighted by atomic mass is 9.96. The van der Waals surface area contributed by atoms with Crippen LogP contribution in [0, 0.1) is 0 Å². The van der Waals surface area contributed by atoms with Gasteiger partial charge in [0.05, 0.1) is 22.7 Å². The maximum absolute atomic E-state index is 12.2. The van der Waals surface area contributed by atoms with Gasteiger partial charge in [-0.2, -0.15) is 14.8 Å². The van der Waals surface area contributed by atoms with Crippen molar-refractivity contribution in [2.24, 2.45) is 0 Å². The SMILES string of the molecule is CC(C)S(=O)(=O)NCc1cccc2c1cnn2-c1nc2c(c(NCc3ccccc3)n1)CCCC2. The number of nitrogens with one attached hydrogen (secondary N) is 2. The van der Waals surface area contributed by atoms with Crippen LogP contribution >= 0.6 is 0 Å². The first-order chi connectivity index (χ1) is 16.9. The number of anilines is 1. The van der Waals surface area contributed by atoms with E-state index in [0.717, 1.165) is 53.7 Å². The molecule has 0 atom stereocenters. The molecule has 2 aromatic carbocycles. The van der Waals surface area contributed by atoms with E-state index >= 15 is 0 Å². The molecule has 0 fully saturated rings. The number of aromatic nitrogens is 4. The average Bonchev–Trinajstić information content (AvgIpc) is 3.31. The lowest BCUT2D eigenvalue weighted by Gasteiger charge is -2.20. The first-order valence-electron chi connectivity index (χ1n) is 12.0. The Labute approximate surface area is 205 Å². The Kier molecular flexibility index (Phi) is 6.53. The zero-order valence-electron chi connectivity index (χ0n) is 20.0. The van der Waals surface area contributed by atoms with Crippen LogP contribution in [0.3, 0.4) is 0 Å². The van der Waals surface area contributed by atoms with Crippen molar-refractivity contribution in [3.8, 4) is 5.95 Å². The van der Waals surface area contributed by atoms with Gasteiger partial charge in [0, 0.05) is 24.0 Å². The summed E-state index contributed by atoms with van der Waals surface area (Å²) in [6.07, 6.45) is 5.89. The fourth-order valence-electron chi connectivity index (χ4n) is 4.37. The van der Waals surface area contributed by atoms with Crippen LogP contribution in [-0.2, 0) is 36.0 Å². The van der Waals surface area contributed by atoms with Gasteiger partial charge in [-0.15, -0.1) is 0 Å². The van der Waals surface area contributed by atoms with E-state index in [4.69, 9.17) is 9.97 Å².